The molecule has 0 radical (unpaired) electrons. The highest BCUT2D eigenvalue weighted by atomic mass is 32.1. The molecule has 0 fully saturated rings. The van der Waals surface area contributed by atoms with Crippen LogP contribution < -0.4 is 10.6 Å². The Labute approximate surface area is 214 Å². The predicted molar refractivity (Wildman–Crippen MR) is 143 cm³/mol. The molecule has 1 heterocycles. The van der Waals surface area contributed by atoms with Gasteiger partial charge in [-0.15, -0.1) is 11.3 Å². The van der Waals surface area contributed by atoms with Crippen LogP contribution in [0.2, 0.25) is 0 Å². The van der Waals surface area contributed by atoms with E-state index in [4.69, 9.17) is 4.74 Å². The normalized spacial score (nSPS) is 12.0. The molecule has 1 aromatic carbocycles. The SMILES string of the molecule is CCN(CC)CCCC(C)NC(=O)c1csc(CN(CCOC)C(=O)Nc2c(C)cccc2C)n1. The predicted octanol–water partition coefficient (Wildman–Crippen LogP) is 4.68. The van der Waals surface area contributed by atoms with Crippen molar-refractivity contribution in [2.24, 2.45) is 0 Å². The maximum atomic E-state index is 13.1. The molecule has 0 spiro atoms. The van der Waals surface area contributed by atoms with Gasteiger partial charge in [0.15, 0.2) is 0 Å². The largest absolute Gasteiger partial charge is 0.383 e. The summed E-state index contributed by atoms with van der Waals surface area (Å²) in [4.78, 5) is 34.3. The number of hydrogen-bond acceptors (Lipinski definition) is 6. The van der Waals surface area contributed by atoms with Gasteiger partial charge in [-0.3, -0.25) is 4.79 Å². The molecule has 0 aliphatic heterocycles. The molecule has 9 heteroatoms. The van der Waals surface area contributed by atoms with Gasteiger partial charge in [-0.25, -0.2) is 9.78 Å². The van der Waals surface area contributed by atoms with Gasteiger partial charge in [0, 0.05) is 30.8 Å². The van der Waals surface area contributed by atoms with Crippen LogP contribution in [0, 0.1) is 13.8 Å². The van der Waals surface area contributed by atoms with E-state index in [0.717, 1.165) is 49.3 Å². The number of amides is 3. The number of aromatic nitrogens is 1. The molecule has 1 unspecified atom stereocenters. The molecule has 1 atom stereocenters. The molecule has 194 valence electrons. The highest BCUT2D eigenvalue weighted by molar-refractivity contribution is 7.09. The van der Waals surface area contributed by atoms with Crippen molar-refractivity contribution in [3.05, 3.63) is 45.4 Å². The Balaban J connectivity index is 1.96. The van der Waals surface area contributed by atoms with E-state index in [9.17, 15) is 9.59 Å². The second-order valence-electron chi connectivity index (χ2n) is 8.78. The first kappa shape index (κ1) is 28.7. The number of anilines is 1. The molecule has 8 nitrogen and oxygen atoms in total. The van der Waals surface area contributed by atoms with Gasteiger partial charge in [0.1, 0.15) is 10.7 Å². The van der Waals surface area contributed by atoms with Crippen molar-refractivity contribution in [2.45, 2.75) is 60.0 Å². The van der Waals surface area contributed by atoms with E-state index in [1.165, 1.54) is 11.3 Å². The van der Waals surface area contributed by atoms with Crippen LogP contribution >= 0.6 is 11.3 Å². The maximum absolute atomic E-state index is 13.1. The molecule has 3 amide bonds. The third-order valence-electron chi connectivity index (χ3n) is 6.06. The summed E-state index contributed by atoms with van der Waals surface area (Å²) in [5, 5.41) is 8.53. The number of urea groups is 1. The first-order chi connectivity index (χ1) is 16.8. The molecule has 2 N–H and O–H groups in total. The van der Waals surface area contributed by atoms with Gasteiger partial charge >= 0.3 is 6.03 Å². The smallest absolute Gasteiger partial charge is 0.322 e. The average molecular weight is 504 g/mol. The lowest BCUT2D eigenvalue weighted by atomic mass is 10.1. The van der Waals surface area contributed by atoms with Crippen molar-refractivity contribution in [1.82, 2.24) is 20.1 Å². The van der Waals surface area contributed by atoms with E-state index in [1.807, 2.05) is 39.0 Å². The van der Waals surface area contributed by atoms with Gasteiger partial charge in [-0.05, 0) is 64.4 Å². The van der Waals surface area contributed by atoms with Crippen molar-refractivity contribution in [1.29, 1.82) is 0 Å². The standard InChI is InChI=1S/C26H41N5O3S/c1-7-30(8-2)14-10-13-21(5)27-25(32)22-18-35-23(28-22)17-31(15-16-34-6)26(33)29-24-19(3)11-9-12-20(24)4/h9,11-12,18,21H,7-8,10,13-17H2,1-6H3,(H,27,32)(H,29,33). The molecule has 0 bridgehead atoms. The Morgan fingerprint density at radius 2 is 1.83 bits per heavy atom. The minimum Gasteiger partial charge on any atom is -0.383 e. The number of methoxy groups -OCH3 is 1. The zero-order chi connectivity index (χ0) is 25.8. The van der Waals surface area contributed by atoms with E-state index in [-0.39, 0.29) is 18.0 Å². The van der Waals surface area contributed by atoms with Crippen LogP contribution in [0.5, 0.6) is 0 Å². The van der Waals surface area contributed by atoms with Crippen LogP contribution in [0.4, 0.5) is 10.5 Å². The highest BCUT2D eigenvalue weighted by Gasteiger charge is 2.19. The van der Waals surface area contributed by atoms with Gasteiger partial charge in [-0.1, -0.05) is 32.0 Å². The van der Waals surface area contributed by atoms with Gasteiger partial charge in [0.25, 0.3) is 5.91 Å². The topological polar surface area (TPSA) is 86.8 Å². The molecule has 2 aromatic rings. The van der Waals surface area contributed by atoms with Crippen molar-refractivity contribution >= 4 is 29.0 Å². The number of benzene rings is 1. The summed E-state index contributed by atoms with van der Waals surface area (Å²) in [6.45, 7) is 14.5. The fourth-order valence-electron chi connectivity index (χ4n) is 3.83. The van der Waals surface area contributed by atoms with Crippen LogP contribution in [0.1, 0.15) is 60.2 Å². The number of nitrogens with one attached hydrogen (secondary N) is 2. The number of carbonyl (C=O) groups excluding carboxylic acids is 2. The quantitative estimate of drug-likeness (QED) is 0.391. The van der Waals surface area contributed by atoms with Crippen molar-refractivity contribution < 1.29 is 14.3 Å². The second kappa shape index (κ2) is 14.8. The van der Waals surface area contributed by atoms with Gasteiger partial charge in [0.05, 0.1) is 13.2 Å². The molecule has 1 aromatic heterocycles. The molecule has 35 heavy (non-hydrogen) atoms. The second-order valence-corrected chi connectivity index (χ2v) is 9.72. The number of thiazole rings is 1. The van der Waals surface area contributed by atoms with Crippen molar-refractivity contribution in [3.63, 3.8) is 0 Å². The first-order valence-electron chi connectivity index (χ1n) is 12.4. The summed E-state index contributed by atoms with van der Waals surface area (Å²) in [5.74, 6) is -0.175. The maximum Gasteiger partial charge on any atom is 0.322 e. The number of para-hydroxylation sites is 1. The summed E-state index contributed by atoms with van der Waals surface area (Å²) in [6, 6.07) is 5.76. The van der Waals surface area contributed by atoms with Crippen LogP contribution in [0.25, 0.3) is 0 Å². The van der Waals surface area contributed by atoms with Gasteiger partial charge in [-0.2, -0.15) is 0 Å². The molecule has 0 saturated carbocycles. The van der Waals surface area contributed by atoms with Crippen molar-refractivity contribution in [2.75, 3.05) is 45.2 Å². The Morgan fingerprint density at radius 3 is 2.46 bits per heavy atom. The summed E-state index contributed by atoms with van der Waals surface area (Å²) in [6.07, 6.45) is 1.96. The fraction of sp³-hybridized carbons (Fsp3) is 0.577. The molecular formula is C26H41N5O3S. The minimum atomic E-state index is -0.220. The third kappa shape index (κ3) is 9.23. The number of rotatable bonds is 14. The summed E-state index contributed by atoms with van der Waals surface area (Å²) >= 11 is 1.38. The van der Waals surface area contributed by atoms with Gasteiger partial charge < -0.3 is 25.2 Å². The highest BCUT2D eigenvalue weighted by Crippen LogP contribution is 2.21. The monoisotopic (exact) mass is 503 g/mol. The zero-order valence-electron chi connectivity index (χ0n) is 22.0. The minimum absolute atomic E-state index is 0.0737. The Morgan fingerprint density at radius 1 is 1.14 bits per heavy atom. The van der Waals surface area contributed by atoms with E-state index in [0.29, 0.717) is 30.4 Å². The molecule has 0 saturated heterocycles. The lowest BCUT2D eigenvalue weighted by molar-refractivity contribution is 0.0932. The summed E-state index contributed by atoms with van der Waals surface area (Å²) < 4.78 is 5.20. The number of ether oxygens (including phenoxy) is 1. The van der Waals surface area contributed by atoms with E-state index >= 15 is 0 Å². The van der Waals surface area contributed by atoms with Crippen LogP contribution in [-0.2, 0) is 11.3 Å². The molecule has 0 aliphatic carbocycles. The van der Waals surface area contributed by atoms with Gasteiger partial charge in [0.2, 0.25) is 0 Å². The number of nitrogens with zero attached hydrogens (tertiary/aromatic N) is 3. The Hall–Kier alpha value is -2.49. The van der Waals surface area contributed by atoms with E-state index in [1.54, 1.807) is 17.4 Å². The van der Waals surface area contributed by atoms with E-state index < -0.39 is 0 Å². The average Bonchev–Trinajstić information content (AvgIpc) is 3.30. The van der Waals surface area contributed by atoms with Crippen LogP contribution in [-0.4, -0.2) is 72.7 Å². The number of carbonyl (C=O) groups is 2. The lowest BCUT2D eigenvalue weighted by Gasteiger charge is -2.23. The summed E-state index contributed by atoms with van der Waals surface area (Å²) in [7, 11) is 1.61. The fourth-order valence-corrected chi connectivity index (χ4v) is 4.62. The first-order valence-corrected chi connectivity index (χ1v) is 13.3. The third-order valence-corrected chi connectivity index (χ3v) is 6.89. The number of aryl methyl sites for hydroxylation is 2. The van der Waals surface area contributed by atoms with Crippen molar-refractivity contribution in [3.8, 4) is 0 Å². The van der Waals surface area contributed by atoms with Crippen LogP contribution in [0.15, 0.2) is 23.6 Å². The lowest BCUT2D eigenvalue weighted by Crippen LogP contribution is -2.37. The molecule has 0 aliphatic rings. The summed E-state index contributed by atoms with van der Waals surface area (Å²) in [5.41, 5.74) is 3.21. The number of hydrogen-bond donors (Lipinski definition) is 2. The zero-order valence-corrected chi connectivity index (χ0v) is 22.8. The van der Waals surface area contributed by atoms with E-state index in [2.05, 4.69) is 34.4 Å². The van der Waals surface area contributed by atoms with Crippen LogP contribution in [0.3, 0.4) is 0 Å². The molecular weight excluding hydrogens is 462 g/mol. The molecule has 2 rings (SSSR count). The Bertz CT molecular complexity index is 925. The Kier molecular flexibility index (Phi) is 12.2.